The van der Waals surface area contributed by atoms with Crippen LogP contribution in [0.25, 0.3) is 6.08 Å². The molecule has 104 valence electrons. The average molecular weight is 300 g/mol. The lowest BCUT2D eigenvalue weighted by Gasteiger charge is -2.03. The van der Waals surface area contributed by atoms with E-state index in [0.717, 1.165) is 12.8 Å². The zero-order valence-corrected chi connectivity index (χ0v) is 12.6. The third-order valence-electron chi connectivity index (χ3n) is 2.73. The summed E-state index contributed by atoms with van der Waals surface area (Å²) >= 11 is 12.0. The smallest absolute Gasteiger partial charge is 0.244 e. The summed E-state index contributed by atoms with van der Waals surface area (Å²) in [5.74, 6) is -0.118. The Balaban J connectivity index is 2.41. The lowest BCUT2D eigenvalue weighted by Crippen LogP contribution is -2.21. The molecular formula is C15H19Cl2NO. The molecule has 1 N–H and O–H groups in total. The van der Waals surface area contributed by atoms with E-state index < -0.39 is 0 Å². The Morgan fingerprint density at radius 3 is 2.53 bits per heavy atom. The molecule has 2 nitrogen and oxygen atoms in total. The lowest BCUT2D eigenvalue weighted by atomic mass is 10.2. The summed E-state index contributed by atoms with van der Waals surface area (Å²) in [6, 6.07) is 5.27. The molecule has 0 heterocycles. The molecule has 0 spiro atoms. The zero-order valence-electron chi connectivity index (χ0n) is 11.1. The minimum absolute atomic E-state index is 0.118. The molecule has 1 rings (SSSR count). The van der Waals surface area contributed by atoms with Gasteiger partial charge in [-0.2, -0.15) is 0 Å². The van der Waals surface area contributed by atoms with E-state index in [1.807, 2.05) is 0 Å². The number of carbonyl (C=O) groups excluding carboxylic acids is 1. The van der Waals surface area contributed by atoms with Crippen molar-refractivity contribution in [3.05, 3.63) is 39.9 Å². The van der Waals surface area contributed by atoms with Crippen molar-refractivity contribution in [1.29, 1.82) is 0 Å². The quantitative estimate of drug-likeness (QED) is 0.574. The summed E-state index contributed by atoms with van der Waals surface area (Å²) < 4.78 is 0. The van der Waals surface area contributed by atoms with E-state index in [-0.39, 0.29) is 5.91 Å². The van der Waals surface area contributed by atoms with Crippen molar-refractivity contribution in [2.24, 2.45) is 0 Å². The van der Waals surface area contributed by atoms with E-state index in [2.05, 4.69) is 12.2 Å². The van der Waals surface area contributed by atoms with Crippen LogP contribution in [-0.4, -0.2) is 12.5 Å². The van der Waals surface area contributed by atoms with Crippen molar-refractivity contribution in [3.63, 3.8) is 0 Å². The second kappa shape index (κ2) is 9.00. The Labute approximate surface area is 124 Å². The number of rotatable bonds is 7. The van der Waals surface area contributed by atoms with Crippen LogP contribution in [-0.2, 0) is 4.79 Å². The predicted octanol–water partition coefficient (Wildman–Crippen LogP) is 4.70. The molecule has 0 aliphatic rings. The topological polar surface area (TPSA) is 29.1 Å². The molecule has 0 atom stereocenters. The van der Waals surface area contributed by atoms with Gasteiger partial charge < -0.3 is 5.32 Å². The maximum absolute atomic E-state index is 11.6. The van der Waals surface area contributed by atoms with Crippen LogP contribution in [0.1, 0.15) is 38.2 Å². The Morgan fingerprint density at radius 2 is 1.89 bits per heavy atom. The standard InChI is InChI=1S/C15H19Cl2NO/c1-2-3-4-5-11-18-15(19)10-9-12-13(16)7-6-8-14(12)17/h6-10H,2-5,11H2,1H3,(H,18,19)/b10-9+. The molecular weight excluding hydrogens is 281 g/mol. The third kappa shape index (κ3) is 6.13. The Hall–Kier alpha value is -0.990. The van der Waals surface area contributed by atoms with Crippen molar-refractivity contribution < 1.29 is 4.79 Å². The monoisotopic (exact) mass is 299 g/mol. The Morgan fingerprint density at radius 1 is 1.21 bits per heavy atom. The minimum atomic E-state index is -0.118. The number of unbranched alkanes of at least 4 members (excludes halogenated alkanes) is 3. The fraction of sp³-hybridized carbons (Fsp3) is 0.400. The average Bonchev–Trinajstić information content (AvgIpc) is 2.38. The predicted molar refractivity (Wildman–Crippen MR) is 82.6 cm³/mol. The second-order valence-electron chi connectivity index (χ2n) is 4.32. The first-order valence-electron chi connectivity index (χ1n) is 6.55. The van der Waals surface area contributed by atoms with Crippen molar-refractivity contribution >= 4 is 35.2 Å². The first-order chi connectivity index (χ1) is 9.15. The highest BCUT2D eigenvalue weighted by Crippen LogP contribution is 2.25. The molecule has 0 aliphatic heterocycles. The van der Waals surface area contributed by atoms with Crippen LogP contribution in [0.5, 0.6) is 0 Å². The van der Waals surface area contributed by atoms with Crippen LogP contribution in [0.4, 0.5) is 0 Å². The molecule has 0 saturated heterocycles. The molecule has 0 fully saturated rings. The Bertz CT molecular complexity index is 424. The van der Waals surface area contributed by atoms with Gasteiger partial charge in [-0.15, -0.1) is 0 Å². The number of hydrogen-bond acceptors (Lipinski definition) is 1. The van der Waals surface area contributed by atoms with E-state index in [1.54, 1.807) is 24.3 Å². The molecule has 1 aromatic carbocycles. The van der Waals surface area contributed by atoms with Gasteiger partial charge in [0.1, 0.15) is 0 Å². The van der Waals surface area contributed by atoms with Crippen LogP contribution >= 0.6 is 23.2 Å². The highest BCUT2D eigenvalue weighted by Gasteiger charge is 2.02. The second-order valence-corrected chi connectivity index (χ2v) is 5.13. The summed E-state index contributed by atoms with van der Waals surface area (Å²) in [5.41, 5.74) is 0.673. The first-order valence-corrected chi connectivity index (χ1v) is 7.30. The Kier molecular flexibility index (Phi) is 7.61. The van der Waals surface area contributed by atoms with Crippen LogP contribution in [0.3, 0.4) is 0 Å². The van der Waals surface area contributed by atoms with Crippen LogP contribution in [0.2, 0.25) is 10.0 Å². The van der Waals surface area contributed by atoms with Crippen molar-refractivity contribution in [2.45, 2.75) is 32.6 Å². The number of amides is 1. The van der Waals surface area contributed by atoms with E-state index >= 15 is 0 Å². The van der Waals surface area contributed by atoms with Crippen molar-refractivity contribution in [3.8, 4) is 0 Å². The molecule has 1 aromatic rings. The normalized spacial score (nSPS) is 10.9. The molecule has 0 bridgehead atoms. The van der Waals surface area contributed by atoms with E-state index in [0.29, 0.717) is 22.2 Å². The van der Waals surface area contributed by atoms with Gasteiger partial charge >= 0.3 is 0 Å². The number of carbonyl (C=O) groups is 1. The van der Waals surface area contributed by atoms with Gasteiger partial charge in [0.2, 0.25) is 5.91 Å². The van der Waals surface area contributed by atoms with Gasteiger partial charge in [0, 0.05) is 28.2 Å². The molecule has 0 saturated carbocycles. The zero-order chi connectivity index (χ0) is 14.1. The van der Waals surface area contributed by atoms with Gasteiger partial charge in [0.25, 0.3) is 0 Å². The van der Waals surface area contributed by atoms with Crippen LogP contribution in [0.15, 0.2) is 24.3 Å². The summed E-state index contributed by atoms with van der Waals surface area (Å²) in [6.45, 7) is 2.87. The van der Waals surface area contributed by atoms with Gasteiger partial charge in [0.15, 0.2) is 0 Å². The van der Waals surface area contributed by atoms with Crippen LogP contribution in [0, 0.1) is 0 Å². The van der Waals surface area contributed by atoms with Gasteiger partial charge in [-0.05, 0) is 24.6 Å². The van der Waals surface area contributed by atoms with Gasteiger partial charge in [-0.1, -0.05) is 55.5 Å². The highest BCUT2D eigenvalue weighted by molar-refractivity contribution is 6.37. The maximum Gasteiger partial charge on any atom is 0.244 e. The summed E-state index contributed by atoms with van der Waals surface area (Å²) in [5, 5.41) is 3.92. The van der Waals surface area contributed by atoms with Gasteiger partial charge in [-0.25, -0.2) is 0 Å². The van der Waals surface area contributed by atoms with Crippen molar-refractivity contribution in [2.75, 3.05) is 6.54 Å². The lowest BCUT2D eigenvalue weighted by molar-refractivity contribution is -0.116. The summed E-state index contributed by atoms with van der Waals surface area (Å²) in [4.78, 5) is 11.6. The fourth-order valence-electron chi connectivity index (χ4n) is 1.65. The third-order valence-corrected chi connectivity index (χ3v) is 3.39. The number of halogens is 2. The van der Waals surface area contributed by atoms with Crippen LogP contribution < -0.4 is 5.32 Å². The van der Waals surface area contributed by atoms with E-state index in [9.17, 15) is 4.79 Å². The maximum atomic E-state index is 11.6. The van der Waals surface area contributed by atoms with E-state index in [4.69, 9.17) is 23.2 Å². The highest BCUT2D eigenvalue weighted by atomic mass is 35.5. The fourth-order valence-corrected chi connectivity index (χ4v) is 2.17. The summed E-state index contributed by atoms with van der Waals surface area (Å²) in [6.07, 6.45) is 7.68. The van der Waals surface area contributed by atoms with Crippen molar-refractivity contribution in [1.82, 2.24) is 5.32 Å². The summed E-state index contributed by atoms with van der Waals surface area (Å²) in [7, 11) is 0. The molecule has 0 radical (unpaired) electrons. The molecule has 19 heavy (non-hydrogen) atoms. The van der Waals surface area contributed by atoms with E-state index in [1.165, 1.54) is 18.9 Å². The number of nitrogens with one attached hydrogen (secondary N) is 1. The first kappa shape index (κ1) is 16.1. The number of hydrogen-bond donors (Lipinski definition) is 1. The molecule has 0 aromatic heterocycles. The molecule has 1 amide bonds. The molecule has 0 unspecified atom stereocenters. The molecule has 4 heteroatoms. The van der Waals surface area contributed by atoms with Gasteiger partial charge in [0.05, 0.1) is 0 Å². The molecule has 0 aliphatic carbocycles. The SMILES string of the molecule is CCCCCCNC(=O)/C=C/c1c(Cl)cccc1Cl. The largest absolute Gasteiger partial charge is 0.353 e. The van der Waals surface area contributed by atoms with Gasteiger partial charge in [-0.3, -0.25) is 4.79 Å². The number of benzene rings is 1. The minimum Gasteiger partial charge on any atom is -0.353 e.